The molecule has 1 N–H and O–H groups in total. The van der Waals surface area contributed by atoms with Gasteiger partial charge in [-0.2, -0.15) is 0 Å². The first kappa shape index (κ1) is 18.7. The average molecular weight is 392 g/mol. The number of aromatic nitrogens is 2. The van der Waals surface area contributed by atoms with E-state index in [0.717, 1.165) is 4.90 Å². The maximum absolute atomic E-state index is 12.7. The molecule has 0 aliphatic carbocycles. The topological polar surface area (TPSA) is 83.4 Å². The van der Waals surface area contributed by atoms with Gasteiger partial charge in [0, 0.05) is 17.5 Å². The van der Waals surface area contributed by atoms with Crippen molar-refractivity contribution in [3.63, 3.8) is 0 Å². The second-order valence-corrected chi connectivity index (χ2v) is 7.68. The Kier molecular flexibility index (Phi) is 5.78. The van der Waals surface area contributed by atoms with Gasteiger partial charge in [-0.25, -0.2) is 0 Å². The second-order valence-electron chi connectivity index (χ2n) is 6.21. The Hall–Kier alpha value is -2.12. The van der Waals surface area contributed by atoms with Crippen LogP contribution < -0.4 is 0 Å². The van der Waals surface area contributed by atoms with Crippen LogP contribution in [0.4, 0.5) is 0 Å². The summed E-state index contributed by atoms with van der Waals surface area (Å²) in [5.41, 5.74) is 0.214. The monoisotopic (exact) mass is 391 g/mol. The summed E-state index contributed by atoms with van der Waals surface area (Å²) in [7, 11) is 0. The standard InChI is InChI=1S/C18H18ClN3O3S/c1-11-6-7-12(18(24)25)10-22(11)17(23)14-8-9-16(21-20-14)26-15-5-3-2-4-13(15)19/h2-5,8-9,11-12H,6-7,10H2,1H3,(H,24,25). The molecule has 136 valence electrons. The van der Waals surface area contributed by atoms with E-state index >= 15 is 0 Å². The maximum Gasteiger partial charge on any atom is 0.308 e. The van der Waals surface area contributed by atoms with Gasteiger partial charge in [-0.1, -0.05) is 35.5 Å². The van der Waals surface area contributed by atoms with Gasteiger partial charge in [0.2, 0.25) is 0 Å². The van der Waals surface area contributed by atoms with Crippen LogP contribution in [0.5, 0.6) is 0 Å². The van der Waals surface area contributed by atoms with Crippen molar-refractivity contribution >= 4 is 35.2 Å². The summed E-state index contributed by atoms with van der Waals surface area (Å²) in [6.07, 6.45) is 1.25. The molecule has 1 aromatic carbocycles. The van der Waals surface area contributed by atoms with E-state index < -0.39 is 11.9 Å². The highest BCUT2D eigenvalue weighted by Crippen LogP contribution is 2.31. The first-order chi connectivity index (χ1) is 12.5. The van der Waals surface area contributed by atoms with Crippen LogP contribution in [-0.2, 0) is 4.79 Å². The highest BCUT2D eigenvalue weighted by Gasteiger charge is 2.33. The van der Waals surface area contributed by atoms with Crippen LogP contribution in [0.25, 0.3) is 0 Å². The lowest BCUT2D eigenvalue weighted by atomic mass is 9.93. The summed E-state index contributed by atoms with van der Waals surface area (Å²) in [5.74, 6) is -1.68. The van der Waals surface area contributed by atoms with E-state index in [1.54, 1.807) is 23.1 Å². The molecule has 2 unspecified atom stereocenters. The highest BCUT2D eigenvalue weighted by molar-refractivity contribution is 7.99. The Morgan fingerprint density at radius 2 is 1.96 bits per heavy atom. The van der Waals surface area contributed by atoms with Crippen LogP contribution in [0.2, 0.25) is 5.02 Å². The predicted molar refractivity (Wildman–Crippen MR) is 98.5 cm³/mol. The van der Waals surface area contributed by atoms with Crippen molar-refractivity contribution in [2.24, 2.45) is 5.92 Å². The fourth-order valence-electron chi connectivity index (χ4n) is 2.87. The molecule has 2 atom stereocenters. The number of carboxylic acid groups (broad SMARTS) is 1. The van der Waals surface area contributed by atoms with Crippen molar-refractivity contribution in [2.75, 3.05) is 6.54 Å². The van der Waals surface area contributed by atoms with Gasteiger partial charge in [0.15, 0.2) is 5.69 Å². The molecule has 1 aromatic heterocycles. The van der Waals surface area contributed by atoms with Crippen LogP contribution in [0, 0.1) is 5.92 Å². The number of carbonyl (C=O) groups is 2. The summed E-state index contributed by atoms with van der Waals surface area (Å²) in [4.78, 5) is 26.4. The summed E-state index contributed by atoms with van der Waals surface area (Å²) in [6.45, 7) is 2.12. The molecule has 2 aromatic rings. The minimum absolute atomic E-state index is 0.0166. The first-order valence-electron chi connectivity index (χ1n) is 8.25. The number of halogens is 1. The van der Waals surface area contributed by atoms with Crippen LogP contribution in [-0.4, -0.2) is 44.7 Å². The van der Waals surface area contributed by atoms with Gasteiger partial charge < -0.3 is 10.0 Å². The number of nitrogens with zero attached hydrogens (tertiary/aromatic N) is 3. The molecule has 1 aliphatic rings. The fraction of sp³-hybridized carbons (Fsp3) is 0.333. The van der Waals surface area contributed by atoms with Gasteiger partial charge in [-0.3, -0.25) is 9.59 Å². The Labute approximate surface area is 160 Å². The highest BCUT2D eigenvalue weighted by atomic mass is 35.5. The molecule has 0 radical (unpaired) electrons. The van der Waals surface area contributed by atoms with E-state index in [0.29, 0.717) is 22.9 Å². The number of piperidine rings is 1. The largest absolute Gasteiger partial charge is 0.481 e. The average Bonchev–Trinajstić information content (AvgIpc) is 2.64. The lowest BCUT2D eigenvalue weighted by Gasteiger charge is -2.36. The minimum atomic E-state index is -0.868. The Bertz CT molecular complexity index is 816. The molecule has 0 saturated carbocycles. The quantitative estimate of drug-likeness (QED) is 0.857. The zero-order valence-corrected chi connectivity index (χ0v) is 15.7. The maximum atomic E-state index is 12.7. The van der Waals surface area contributed by atoms with Crippen molar-refractivity contribution in [3.8, 4) is 0 Å². The molecular weight excluding hydrogens is 374 g/mol. The van der Waals surface area contributed by atoms with E-state index in [4.69, 9.17) is 11.6 Å². The van der Waals surface area contributed by atoms with Gasteiger partial charge in [0.25, 0.3) is 5.91 Å². The summed E-state index contributed by atoms with van der Waals surface area (Å²) in [5, 5.41) is 18.6. The number of amides is 1. The van der Waals surface area contributed by atoms with E-state index in [1.165, 1.54) is 11.8 Å². The lowest BCUT2D eigenvalue weighted by molar-refractivity contribution is -0.143. The molecule has 0 spiro atoms. The van der Waals surface area contributed by atoms with Gasteiger partial charge in [-0.05, 0) is 44.0 Å². The smallest absolute Gasteiger partial charge is 0.308 e. The summed E-state index contributed by atoms with van der Waals surface area (Å²) >= 11 is 7.50. The molecule has 2 heterocycles. The predicted octanol–water partition coefficient (Wildman–Crippen LogP) is 3.61. The van der Waals surface area contributed by atoms with Crippen LogP contribution >= 0.6 is 23.4 Å². The molecule has 8 heteroatoms. The van der Waals surface area contributed by atoms with Crippen molar-refractivity contribution in [2.45, 2.75) is 35.7 Å². The van der Waals surface area contributed by atoms with Crippen molar-refractivity contribution in [1.82, 2.24) is 15.1 Å². The third-order valence-electron chi connectivity index (χ3n) is 4.40. The minimum Gasteiger partial charge on any atom is -0.481 e. The Morgan fingerprint density at radius 3 is 2.62 bits per heavy atom. The fourth-order valence-corrected chi connectivity index (χ4v) is 3.87. The zero-order chi connectivity index (χ0) is 18.7. The first-order valence-corrected chi connectivity index (χ1v) is 9.45. The second kappa shape index (κ2) is 8.05. The third kappa shape index (κ3) is 4.16. The van der Waals surface area contributed by atoms with E-state index in [2.05, 4.69) is 10.2 Å². The number of hydrogen-bond donors (Lipinski definition) is 1. The van der Waals surface area contributed by atoms with Crippen LogP contribution in [0.3, 0.4) is 0 Å². The summed E-state index contributed by atoms with van der Waals surface area (Å²) in [6, 6.07) is 10.7. The Morgan fingerprint density at radius 1 is 1.19 bits per heavy atom. The van der Waals surface area contributed by atoms with E-state index in [9.17, 15) is 14.7 Å². The van der Waals surface area contributed by atoms with Crippen molar-refractivity contribution in [3.05, 3.63) is 47.1 Å². The van der Waals surface area contributed by atoms with Gasteiger partial charge in [-0.15, -0.1) is 10.2 Å². The molecule has 1 fully saturated rings. The normalized spacial score (nSPS) is 20.0. The number of carbonyl (C=O) groups excluding carboxylic acids is 1. The number of rotatable bonds is 4. The molecule has 3 rings (SSSR count). The third-order valence-corrected chi connectivity index (χ3v) is 5.85. The van der Waals surface area contributed by atoms with Gasteiger partial charge in [0.1, 0.15) is 5.03 Å². The summed E-state index contributed by atoms with van der Waals surface area (Å²) < 4.78 is 0. The van der Waals surface area contributed by atoms with Crippen LogP contribution in [0.1, 0.15) is 30.3 Å². The van der Waals surface area contributed by atoms with Crippen molar-refractivity contribution in [1.29, 1.82) is 0 Å². The molecule has 0 bridgehead atoms. The SMILES string of the molecule is CC1CCC(C(=O)O)CN1C(=O)c1ccc(Sc2ccccc2Cl)nn1. The zero-order valence-electron chi connectivity index (χ0n) is 14.1. The molecule has 26 heavy (non-hydrogen) atoms. The van der Waals surface area contributed by atoms with Crippen LogP contribution in [0.15, 0.2) is 46.3 Å². The molecular formula is C18H18ClN3O3S. The van der Waals surface area contributed by atoms with E-state index in [-0.39, 0.29) is 24.2 Å². The molecule has 1 amide bonds. The number of hydrogen-bond acceptors (Lipinski definition) is 5. The number of benzene rings is 1. The van der Waals surface area contributed by atoms with Gasteiger partial charge >= 0.3 is 5.97 Å². The van der Waals surface area contributed by atoms with Gasteiger partial charge in [0.05, 0.1) is 10.9 Å². The number of likely N-dealkylation sites (tertiary alicyclic amines) is 1. The van der Waals surface area contributed by atoms with E-state index in [1.807, 2.05) is 25.1 Å². The lowest BCUT2D eigenvalue weighted by Crippen LogP contribution is -2.47. The molecule has 6 nitrogen and oxygen atoms in total. The molecule has 1 saturated heterocycles. The number of carboxylic acids is 1. The Balaban J connectivity index is 1.72. The molecule has 1 aliphatic heterocycles. The van der Waals surface area contributed by atoms with Crippen molar-refractivity contribution < 1.29 is 14.7 Å². The number of aliphatic carboxylic acids is 1.